The second kappa shape index (κ2) is 49.8. The van der Waals surface area contributed by atoms with Gasteiger partial charge >= 0.3 is 5.97 Å². The van der Waals surface area contributed by atoms with Crippen molar-refractivity contribution in [3.8, 4) is 0 Å². The molecule has 330 valence electrons. The molecule has 0 radical (unpaired) electrons. The Balaban J connectivity index is 3.40. The molecule has 4 heteroatoms. The van der Waals surface area contributed by atoms with Crippen molar-refractivity contribution in [2.75, 3.05) is 19.8 Å². The Morgan fingerprint density at radius 3 is 1.12 bits per heavy atom. The molecule has 56 heavy (non-hydrogen) atoms. The molecule has 0 aromatic carbocycles. The Kier molecular flexibility index (Phi) is 48.5. The van der Waals surface area contributed by atoms with Gasteiger partial charge in [-0.1, -0.05) is 243 Å². The fourth-order valence-corrected chi connectivity index (χ4v) is 7.46. The molecule has 0 rings (SSSR count). The maximum atomic E-state index is 12.3. The summed E-state index contributed by atoms with van der Waals surface area (Å²) in [5, 5.41) is 9.64. The van der Waals surface area contributed by atoms with Crippen molar-refractivity contribution in [2.24, 2.45) is 0 Å². The highest BCUT2D eigenvalue weighted by Crippen LogP contribution is 2.16. The predicted octanol–water partition coefficient (Wildman–Crippen LogP) is 16.8. The number of hydrogen-bond acceptors (Lipinski definition) is 4. The Hall–Kier alpha value is -1.39. The zero-order chi connectivity index (χ0) is 40.5. The highest BCUT2D eigenvalue weighted by atomic mass is 16.6. The van der Waals surface area contributed by atoms with E-state index < -0.39 is 6.10 Å². The third-order valence-electron chi connectivity index (χ3n) is 11.2. The lowest BCUT2D eigenvalue weighted by atomic mass is 10.0. The van der Waals surface area contributed by atoms with E-state index in [1.165, 1.54) is 199 Å². The van der Waals surface area contributed by atoms with Gasteiger partial charge in [0.2, 0.25) is 0 Å². The molecule has 0 heterocycles. The monoisotopic (exact) mass is 787 g/mol. The molecule has 4 nitrogen and oxygen atoms in total. The number of rotatable bonds is 47. The molecule has 1 N–H and O–H groups in total. The number of allylic oxidation sites excluding steroid dienone is 6. The van der Waals surface area contributed by atoms with E-state index >= 15 is 0 Å². The normalized spacial score (nSPS) is 12.6. The maximum Gasteiger partial charge on any atom is 0.306 e. The predicted molar refractivity (Wildman–Crippen MR) is 247 cm³/mol. The summed E-state index contributed by atoms with van der Waals surface area (Å²) in [4.78, 5) is 12.3. The van der Waals surface area contributed by atoms with Crippen LogP contribution in [0, 0.1) is 0 Å². The van der Waals surface area contributed by atoms with E-state index in [4.69, 9.17) is 9.47 Å². The molecule has 0 aromatic heterocycles. The number of unbranched alkanes of at least 4 members (excludes halogenated alkanes) is 33. The summed E-state index contributed by atoms with van der Waals surface area (Å²) in [5.74, 6) is -0.208. The average Bonchev–Trinajstić information content (AvgIpc) is 3.20. The van der Waals surface area contributed by atoms with Crippen LogP contribution in [0.1, 0.15) is 264 Å². The Bertz CT molecular complexity index is 833. The van der Waals surface area contributed by atoms with Crippen LogP contribution in [-0.4, -0.2) is 37.0 Å². The van der Waals surface area contributed by atoms with Crippen molar-refractivity contribution in [1.82, 2.24) is 0 Å². The number of ether oxygens (including phenoxy) is 2. The molecule has 1 atom stereocenters. The largest absolute Gasteiger partial charge is 0.457 e. The van der Waals surface area contributed by atoms with Gasteiger partial charge < -0.3 is 14.6 Å². The quantitative estimate of drug-likeness (QED) is 0.0379. The van der Waals surface area contributed by atoms with Crippen LogP contribution in [0.3, 0.4) is 0 Å². The first-order valence-electron chi connectivity index (χ1n) is 25.1. The van der Waals surface area contributed by atoms with Crippen molar-refractivity contribution in [3.63, 3.8) is 0 Å². The third kappa shape index (κ3) is 47.0. The fourth-order valence-electron chi connectivity index (χ4n) is 7.46. The number of aliphatic hydroxyl groups is 1. The minimum Gasteiger partial charge on any atom is -0.457 e. The number of carbonyl (C=O) groups excluding carboxylic acids is 1. The summed E-state index contributed by atoms with van der Waals surface area (Å²) in [6.07, 6.45) is 63.7. The molecule has 0 bridgehead atoms. The van der Waals surface area contributed by atoms with Crippen molar-refractivity contribution in [1.29, 1.82) is 0 Å². The first-order chi connectivity index (χ1) is 27.7. The molecule has 0 saturated heterocycles. The van der Waals surface area contributed by atoms with Gasteiger partial charge in [0, 0.05) is 13.0 Å². The van der Waals surface area contributed by atoms with Crippen LogP contribution in [0.15, 0.2) is 36.5 Å². The lowest BCUT2D eigenvalue weighted by Gasteiger charge is -2.16. The third-order valence-corrected chi connectivity index (χ3v) is 11.2. The van der Waals surface area contributed by atoms with Crippen LogP contribution in [0.4, 0.5) is 0 Å². The standard InChI is InChI=1S/C52H98O4/c1-3-5-7-9-11-13-15-17-19-21-23-25-26-28-30-32-34-36-38-40-42-44-46-48-55-50-51(49-53)56-52(54)47-45-43-41-39-37-35-33-31-29-27-24-22-20-18-16-14-12-10-8-6-4-2/h16,18,22,24,29,31,51,53H,3-15,17,19-21,23,25-28,30,32-50H2,1-2H3/b18-16-,24-22-,31-29-. The highest BCUT2D eigenvalue weighted by Gasteiger charge is 2.13. The second-order valence-electron chi connectivity index (χ2n) is 16.9. The Morgan fingerprint density at radius 1 is 0.429 bits per heavy atom. The summed E-state index contributed by atoms with van der Waals surface area (Å²) in [6.45, 7) is 5.36. The van der Waals surface area contributed by atoms with Gasteiger partial charge in [0.15, 0.2) is 0 Å². The van der Waals surface area contributed by atoms with Gasteiger partial charge in [0.25, 0.3) is 0 Å². The molecule has 0 amide bonds. The molecule has 0 aromatic rings. The van der Waals surface area contributed by atoms with Gasteiger partial charge in [0.05, 0.1) is 13.2 Å². The van der Waals surface area contributed by atoms with E-state index in [0.717, 1.165) is 44.9 Å². The van der Waals surface area contributed by atoms with Crippen molar-refractivity contribution in [3.05, 3.63) is 36.5 Å². The smallest absolute Gasteiger partial charge is 0.306 e. The van der Waals surface area contributed by atoms with Gasteiger partial charge in [-0.2, -0.15) is 0 Å². The molecule has 1 unspecified atom stereocenters. The topological polar surface area (TPSA) is 55.8 Å². The van der Waals surface area contributed by atoms with Crippen molar-refractivity contribution in [2.45, 2.75) is 270 Å². The number of carbonyl (C=O) groups is 1. The number of hydrogen-bond donors (Lipinski definition) is 1. The van der Waals surface area contributed by atoms with Gasteiger partial charge in [-0.3, -0.25) is 4.79 Å². The molecule has 0 fully saturated rings. The van der Waals surface area contributed by atoms with E-state index in [2.05, 4.69) is 50.3 Å². The van der Waals surface area contributed by atoms with Crippen LogP contribution < -0.4 is 0 Å². The summed E-state index contributed by atoms with van der Waals surface area (Å²) in [7, 11) is 0. The van der Waals surface area contributed by atoms with Gasteiger partial charge in [-0.25, -0.2) is 0 Å². The maximum absolute atomic E-state index is 12.3. The molecule has 0 spiro atoms. The summed E-state index contributed by atoms with van der Waals surface area (Å²) in [6, 6.07) is 0. The molecule has 0 aliphatic carbocycles. The molecule has 0 aliphatic heterocycles. The number of aliphatic hydroxyl groups excluding tert-OH is 1. The lowest BCUT2D eigenvalue weighted by Crippen LogP contribution is -2.27. The summed E-state index contributed by atoms with van der Waals surface area (Å²) < 4.78 is 11.2. The summed E-state index contributed by atoms with van der Waals surface area (Å²) >= 11 is 0. The number of esters is 1. The van der Waals surface area contributed by atoms with Crippen LogP contribution in [-0.2, 0) is 14.3 Å². The highest BCUT2D eigenvalue weighted by molar-refractivity contribution is 5.69. The molecular weight excluding hydrogens is 689 g/mol. The van der Waals surface area contributed by atoms with Crippen molar-refractivity contribution >= 4 is 5.97 Å². The zero-order valence-corrected chi connectivity index (χ0v) is 37.9. The lowest BCUT2D eigenvalue weighted by molar-refractivity contribution is -0.154. The first kappa shape index (κ1) is 54.6. The van der Waals surface area contributed by atoms with E-state index in [9.17, 15) is 9.90 Å². The minimum atomic E-state index is -0.540. The van der Waals surface area contributed by atoms with Crippen LogP contribution >= 0.6 is 0 Å². The van der Waals surface area contributed by atoms with Gasteiger partial charge in [-0.15, -0.1) is 0 Å². The van der Waals surface area contributed by atoms with E-state index in [1.54, 1.807) is 0 Å². The Morgan fingerprint density at radius 2 is 0.750 bits per heavy atom. The first-order valence-corrected chi connectivity index (χ1v) is 25.1. The van der Waals surface area contributed by atoms with Crippen LogP contribution in [0.5, 0.6) is 0 Å². The zero-order valence-electron chi connectivity index (χ0n) is 37.9. The minimum absolute atomic E-state index is 0.174. The van der Waals surface area contributed by atoms with E-state index in [-0.39, 0.29) is 12.6 Å². The molecule has 0 aliphatic rings. The molecular formula is C52H98O4. The van der Waals surface area contributed by atoms with Gasteiger partial charge in [-0.05, 0) is 51.4 Å². The van der Waals surface area contributed by atoms with Crippen LogP contribution in [0.2, 0.25) is 0 Å². The SMILES string of the molecule is CCCCCCC/C=C\C/C=C\C/C=C\CCCCCCCCC(=O)OC(CO)COCCCCCCCCCCCCCCCCCCCCCCCCC. The van der Waals surface area contributed by atoms with Crippen molar-refractivity contribution < 1.29 is 19.4 Å². The second-order valence-corrected chi connectivity index (χ2v) is 16.9. The van der Waals surface area contributed by atoms with E-state index in [0.29, 0.717) is 19.6 Å². The van der Waals surface area contributed by atoms with E-state index in [1.807, 2.05) is 0 Å². The van der Waals surface area contributed by atoms with Crippen LogP contribution in [0.25, 0.3) is 0 Å². The summed E-state index contributed by atoms with van der Waals surface area (Å²) in [5.41, 5.74) is 0. The average molecular weight is 787 g/mol. The Labute approximate surface area is 350 Å². The fraction of sp³-hybridized carbons (Fsp3) is 0.865. The van der Waals surface area contributed by atoms with Gasteiger partial charge in [0.1, 0.15) is 6.10 Å². The molecule has 0 saturated carbocycles.